The highest BCUT2D eigenvalue weighted by Gasteiger charge is 2.09. The Hall–Kier alpha value is -1.57. The fourth-order valence-electron chi connectivity index (χ4n) is 0.835. The van der Waals surface area contributed by atoms with Crippen LogP contribution in [0.4, 0.5) is 10.7 Å². The van der Waals surface area contributed by atoms with Crippen LogP contribution < -0.4 is 14.8 Å². The second kappa shape index (κ2) is 6.11. The van der Waals surface area contributed by atoms with Crippen molar-refractivity contribution >= 4 is 22.9 Å². The number of amides is 1. The maximum atomic E-state index is 11.3. The number of carbonyl (C=O) groups excluding carboxylic acids is 1. The molecule has 16 heavy (non-hydrogen) atoms. The highest BCUT2D eigenvalue weighted by atomic mass is 32.2. The minimum absolute atomic E-state index is 0.0867. The van der Waals surface area contributed by atoms with E-state index in [4.69, 9.17) is 9.47 Å². The summed E-state index contributed by atoms with van der Waals surface area (Å²) < 4.78 is 9.68. The van der Waals surface area contributed by atoms with E-state index in [0.29, 0.717) is 5.75 Å². The Morgan fingerprint density at radius 3 is 2.25 bits per heavy atom. The topological polar surface area (TPSA) is 86.2 Å². The van der Waals surface area contributed by atoms with Crippen molar-refractivity contribution in [3.63, 3.8) is 0 Å². The van der Waals surface area contributed by atoms with Crippen LogP contribution >= 0.6 is 11.8 Å². The summed E-state index contributed by atoms with van der Waals surface area (Å²) >= 11 is 1.12. The predicted molar refractivity (Wildman–Crippen MR) is 60.1 cm³/mol. The zero-order valence-electron chi connectivity index (χ0n) is 9.18. The van der Waals surface area contributed by atoms with Crippen LogP contribution in [0.5, 0.6) is 12.0 Å². The van der Waals surface area contributed by atoms with Gasteiger partial charge >= 0.3 is 12.0 Å². The van der Waals surface area contributed by atoms with E-state index in [1.165, 1.54) is 14.2 Å². The molecule has 0 aromatic carbocycles. The van der Waals surface area contributed by atoms with Gasteiger partial charge in [0.05, 0.1) is 14.2 Å². The lowest BCUT2D eigenvalue weighted by atomic mass is 10.8. The first-order valence-corrected chi connectivity index (χ1v) is 5.46. The van der Waals surface area contributed by atoms with Crippen molar-refractivity contribution < 1.29 is 14.3 Å². The molecule has 1 heterocycles. The number of nitrogens with zero attached hydrogens (tertiary/aromatic N) is 3. The molecule has 1 N–H and O–H groups in total. The molecule has 0 saturated carbocycles. The highest BCUT2D eigenvalue weighted by Crippen LogP contribution is 2.13. The molecule has 0 radical (unpaired) electrons. The van der Waals surface area contributed by atoms with Gasteiger partial charge in [-0.15, -0.1) is 4.98 Å². The van der Waals surface area contributed by atoms with Crippen molar-refractivity contribution in [2.75, 3.05) is 25.3 Å². The third-order valence-electron chi connectivity index (χ3n) is 1.45. The molecule has 0 aliphatic carbocycles. The van der Waals surface area contributed by atoms with E-state index in [0.717, 1.165) is 11.8 Å². The average molecular weight is 244 g/mol. The third kappa shape index (κ3) is 3.54. The Kier molecular flexibility index (Phi) is 4.77. The maximum Gasteiger partial charge on any atom is 0.324 e. The van der Waals surface area contributed by atoms with E-state index >= 15 is 0 Å². The Bertz CT molecular complexity index is 352. The lowest BCUT2D eigenvalue weighted by molar-refractivity contribution is 0.269. The summed E-state index contributed by atoms with van der Waals surface area (Å²) in [5.41, 5.74) is 0. The zero-order valence-corrected chi connectivity index (χ0v) is 10.00. The summed E-state index contributed by atoms with van der Waals surface area (Å²) in [6.45, 7) is 1.87. The second-order valence-electron chi connectivity index (χ2n) is 2.48. The predicted octanol–water partition coefficient (Wildman–Crippen LogP) is 1.17. The van der Waals surface area contributed by atoms with Crippen LogP contribution in [-0.4, -0.2) is 40.2 Å². The van der Waals surface area contributed by atoms with Gasteiger partial charge in [0.1, 0.15) is 0 Å². The summed E-state index contributed by atoms with van der Waals surface area (Å²) in [5, 5.41) is 2.26. The molecule has 7 nitrogen and oxygen atoms in total. The van der Waals surface area contributed by atoms with Gasteiger partial charge in [0, 0.05) is 0 Å². The summed E-state index contributed by atoms with van der Waals surface area (Å²) in [6, 6.07) is 0.173. The van der Waals surface area contributed by atoms with Gasteiger partial charge in [0.15, 0.2) is 0 Å². The monoisotopic (exact) mass is 244 g/mol. The fraction of sp³-hybridized carbons (Fsp3) is 0.500. The van der Waals surface area contributed by atoms with Gasteiger partial charge in [-0.25, -0.2) is 0 Å². The van der Waals surface area contributed by atoms with Crippen molar-refractivity contribution in [3.05, 3.63) is 0 Å². The van der Waals surface area contributed by atoms with Crippen LogP contribution in [0.1, 0.15) is 6.92 Å². The quantitative estimate of drug-likeness (QED) is 0.850. The van der Waals surface area contributed by atoms with Crippen LogP contribution in [0.2, 0.25) is 0 Å². The highest BCUT2D eigenvalue weighted by molar-refractivity contribution is 8.13. The van der Waals surface area contributed by atoms with E-state index in [2.05, 4.69) is 20.3 Å². The molecule has 0 aliphatic heterocycles. The van der Waals surface area contributed by atoms with Crippen molar-refractivity contribution in [1.82, 2.24) is 15.0 Å². The number of carbonyl (C=O) groups is 1. The Morgan fingerprint density at radius 2 is 1.81 bits per heavy atom. The molecule has 0 atom stereocenters. The van der Waals surface area contributed by atoms with Gasteiger partial charge in [-0.1, -0.05) is 18.7 Å². The maximum absolute atomic E-state index is 11.3. The number of methoxy groups -OCH3 is 2. The van der Waals surface area contributed by atoms with Crippen LogP contribution in [-0.2, 0) is 0 Å². The lowest BCUT2D eigenvalue weighted by Gasteiger charge is -2.05. The van der Waals surface area contributed by atoms with Crippen molar-refractivity contribution in [1.29, 1.82) is 0 Å². The van der Waals surface area contributed by atoms with Crippen LogP contribution in [0.15, 0.2) is 0 Å². The van der Waals surface area contributed by atoms with Gasteiger partial charge in [0.2, 0.25) is 5.95 Å². The van der Waals surface area contributed by atoms with Crippen molar-refractivity contribution in [3.8, 4) is 12.0 Å². The number of hydrogen-bond donors (Lipinski definition) is 1. The van der Waals surface area contributed by atoms with Crippen LogP contribution in [0.3, 0.4) is 0 Å². The minimum Gasteiger partial charge on any atom is -0.467 e. The fourth-order valence-corrected chi connectivity index (χ4v) is 1.26. The van der Waals surface area contributed by atoms with E-state index < -0.39 is 0 Å². The summed E-state index contributed by atoms with van der Waals surface area (Å²) in [7, 11) is 2.84. The first-order valence-electron chi connectivity index (χ1n) is 4.47. The molecular weight excluding hydrogens is 232 g/mol. The summed E-state index contributed by atoms with van der Waals surface area (Å²) in [5.74, 6) is 0.778. The van der Waals surface area contributed by atoms with Gasteiger partial charge in [-0.05, 0) is 5.75 Å². The molecule has 0 saturated heterocycles. The molecule has 8 heteroatoms. The lowest BCUT2D eigenvalue weighted by Crippen LogP contribution is -2.10. The summed E-state index contributed by atoms with van der Waals surface area (Å²) in [4.78, 5) is 22.8. The number of ether oxygens (including phenoxy) is 2. The van der Waals surface area contributed by atoms with E-state index in [1.54, 1.807) is 0 Å². The van der Waals surface area contributed by atoms with Crippen molar-refractivity contribution in [2.24, 2.45) is 0 Å². The molecule has 0 bridgehead atoms. The number of anilines is 1. The molecule has 0 spiro atoms. The SMILES string of the molecule is CCSC(=O)Nc1nc(OC)nc(OC)n1. The Morgan fingerprint density at radius 1 is 1.25 bits per heavy atom. The normalized spacial score (nSPS) is 9.69. The second-order valence-corrected chi connectivity index (χ2v) is 3.71. The molecule has 0 unspecified atom stereocenters. The number of rotatable bonds is 4. The summed E-state index contributed by atoms with van der Waals surface area (Å²) in [6.07, 6.45) is 0. The largest absolute Gasteiger partial charge is 0.467 e. The third-order valence-corrected chi connectivity index (χ3v) is 2.10. The van der Waals surface area contributed by atoms with E-state index in [-0.39, 0.29) is 23.2 Å². The number of thioether (sulfide) groups is 1. The van der Waals surface area contributed by atoms with Gasteiger partial charge in [-0.3, -0.25) is 10.1 Å². The first kappa shape index (κ1) is 12.5. The van der Waals surface area contributed by atoms with E-state index in [1.807, 2.05) is 6.92 Å². The van der Waals surface area contributed by atoms with Gasteiger partial charge < -0.3 is 9.47 Å². The Balaban J connectivity index is 2.82. The molecule has 1 rings (SSSR count). The minimum atomic E-state index is -0.238. The van der Waals surface area contributed by atoms with Crippen molar-refractivity contribution in [2.45, 2.75) is 6.92 Å². The number of aromatic nitrogens is 3. The first-order chi connectivity index (χ1) is 7.69. The molecule has 88 valence electrons. The van der Waals surface area contributed by atoms with Gasteiger partial charge in [0.25, 0.3) is 5.24 Å². The standard InChI is InChI=1S/C8H12N4O3S/c1-4-16-8(13)11-5-9-6(14-2)12-7(10-5)15-3/h4H2,1-3H3,(H,9,10,11,12,13). The van der Waals surface area contributed by atoms with Gasteiger partial charge in [-0.2, -0.15) is 9.97 Å². The van der Waals surface area contributed by atoms with Crippen LogP contribution in [0.25, 0.3) is 0 Å². The number of hydrogen-bond acceptors (Lipinski definition) is 7. The molecule has 1 aromatic heterocycles. The molecule has 0 aliphatic rings. The van der Waals surface area contributed by atoms with E-state index in [9.17, 15) is 4.79 Å². The smallest absolute Gasteiger partial charge is 0.324 e. The van der Waals surface area contributed by atoms with Crippen LogP contribution in [0, 0.1) is 0 Å². The molecule has 1 amide bonds. The zero-order chi connectivity index (χ0) is 12.0. The Labute approximate surface area is 97.0 Å². The molecular formula is C8H12N4O3S. The average Bonchev–Trinajstić information content (AvgIpc) is 2.28. The molecule has 1 aromatic rings. The number of nitrogens with one attached hydrogen (secondary N) is 1. The molecule has 0 fully saturated rings.